The predicted octanol–water partition coefficient (Wildman–Crippen LogP) is 3.37. The predicted molar refractivity (Wildman–Crippen MR) is 49.8 cm³/mol. The number of hydrogen-bond acceptors (Lipinski definition) is 1. The van der Waals surface area contributed by atoms with Gasteiger partial charge in [-0.3, -0.25) is 0 Å². The quantitative estimate of drug-likeness (QED) is 0.578. The second-order valence-corrected chi connectivity index (χ2v) is 4.01. The minimum atomic E-state index is 0.0833. The van der Waals surface area contributed by atoms with Crippen molar-refractivity contribution in [2.24, 2.45) is 0 Å². The molecule has 0 aromatic carbocycles. The molecule has 0 nitrogen and oxygen atoms in total. The molecule has 0 saturated carbocycles. The molecule has 10 heavy (non-hydrogen) atoms. The van der Waals surface area contributed by atoms with Crippen LogP contribution in [0.4, 0.5) is 0 Å². The van der Waals surface area contributed by atoms with Gasteiger partial charge in [-0.25, -0.2) is 0 Å². The molecule has 0 aromatic heterocycles. The zero-order valence-corrected chi connectivity index (χ0v) is 7.93. The average molecular weight is 195 g/mol. The Hall–Kier alpha value is 0.410. The summed E-state index contributed by atoms with van der Waals surface area (Å²) in [6, 6.07) is 0. The van der Waals surface area contributed by atoms with Gasteiger partial charge in [0.05, 0.1) is 5.38 Å². The van der Waals surface area contributed by atoms with Gasteiger partial charge in [0.25, 0.3) is 0 Å². The van der Waals surface area contributed by atoms with Crippen molar-refractivity contribution in [1.29, 1.82) is 0 Å². The van der Waals surface area contributed by atoms with Gasteiger partial charge in [0, 0.05) is 16.4 Å². The van der Waals surface area contributed by atoms with Gasteiger partial charge >= 0.3 is 0 Å². The van der Waals surface area contributed by atoms with Crippen molar-refractivity contribution >= 4 is 35.0 Å². The van der Waals surface area contributed by atoms with Crippen LogP contribution in [0.3, 0.4) is 0 Å². The second kappa shape index (κ2) is 3.70. The van der Waals surface area contributed by atoms with Crippen molar-refractivity contribution < 1.29 is 0 Å². The van der Waals surface area contributed by atoms with Crippen LogP contribution in [0.5, 0.6) is 0 Å². The summed E-state index contributed by atoms with van der Waals surface area (Å²) in [6.45, 7) is 0. The van der Waals surface area contributed by atoms with Crippen molar-refractivity contribution in [3.8, 4) is 0 Å². The fourth-order valence-corrected chi connectivity index (χ4v) is 2.18. The Kier molecular flexibility index (Phi) is 3.15. The smallest absolute Gasteiger partial charge is 0.0578 e. The minimum absolute atomic E-state index is 0.0833. The summed E-state index contributed by atoms with van der Waals surface area (Å²) in [6.07, 6.45) is 6.78. The number of alkyl halides is 1. The lowest BCUT2D eigenvalue weighted by atomic mass is 10.2. The number of thioether (sulfide) groups is 1. The fourth-order valence-electron chi connectivity index (χ4n) is 0.812. The molecule has 1 unspecified atom stereocenters. The molecule has 0 aliphatic heterocycles. The normalized spacial score (nSPS) is 25.7. The highest BCUT2D eigenvalue weighted by Gasteiger charge is 2.10. The van der Waals surface area contributed by atoms with Crippen molar-refractivity contribution in [3.05, 3.63) is 22.1 Å². The van der Waals surface area contributed by atoms with Gasteiger partial charge in [-0.2, -0.15) is 0 Å². The largest absolute Gasteiger partial charge is 0.130 e. The third kappa shape index (κ3) is 2.22. The van der Waals surface area contributed by atoms with Crippen LogP contribution >= 0.6 is 35.0 Å². The average Bonchev–Trinajstić information content (AvgIpc) is 1.85. The van der Waals surface area contributed by atoms with E-state index in [9.17, 15) is 0 Å². The van der Waals surface area contributed by atoms with Crippen LogP contribution in [0.25, 0.3) is 0 Å². The first-order valence-electron chi connectivity index (χ1n) is 2.98. The highest BCUT2D eigenvalue weighted by atomic mass is 35.5. The molecule has 0 saturated heterocycles. The van der Waals surface area contributed by atoms with E-state index in [1.165, 1.54) is 0 Å². The molecule has 56 valence electrons. The Morgan fingerprint density at radius 3 is 2.90 bits per heavy atom. The molecule has 0 spiro atoms. The molecule has 0 amide bonds. The summed E-state index contributed by atoms with van der Waals surface area (Å²) in [5.41, 5.74) is 0. The molecule has 1 aliphatic carbocycles. The summed E-state index contributed by atoms with van der Waals surface area (Å²) in [7, 11) is 0. The molecule has 1 rings (SSSR count). The summed E-state index contributed by atoms with van der Waals surface area (Å²) in [5, 5.41) is 0.937. The molecule has 3 heteroatoms. The third-order valence-electron chi connectivity index (χ3n) is 1.27. The zero-order valence-electron chi connectivity index (χ0n) is 5.60. The SMILES string of the molecule is CSC1=CC(Cl)CC(Cl)=C1. The van der Waals surface area contributed by atoms with E-state index >= 15 is 0 Å². The summed E-state index contributed by atoms with van der Waals surface area (Å²) in [5.74, 6) is 0. The minimum Gasteiger partial charge on any atom is -0.130 e. The monoisotopic (exact) mass is 194 g/mol. The van der Waals surface area contributed by atoms with E-state index in [0.717, 1.165) is 16.4 Å². The van der Waals surface area contributed by atoms with E-state index in [-0.39, 0.29) is 5.38 Å². The topological polar surface area (TPSA) is 0 Å². The molecule has 0 radical (unpaired) electrons. The van der Waals surface area contributed by atoms with E-state index in [1.807, 2.05) is 18.4 Å². The van der Waals surface area contributed by atoms with Gasteiger partial charge in [0.15, 0.2) is 0 Å². The standard InChI is InChI=1S/C7H8Cl2S/c1-10-7-3-5(8)2-6(9)4-7/h3-5H,2H2,1H3. The molecule has 0 aromatic rings. The number of rotatable bonds is 1. The summed E-state index contributed by atoms with van der Waals surface area (Å²) < 4.78 is 0. The maximum absolute atomic E-state index is 5.87. The van der Waals surface area contributed by atoms with Gasteiger partial charge in [-0.1, -0.05) is 17.7 Å². The van der Waals surface area contributed by atoms with Crippen LogP contribution in [0.1, 0.15) is 6.42 Å². The maximum Gasteiger partial charge on any atom is 0.0578 e. The molecule has 1 aliphatic rings. The molecule has 0 fully saturated rings. The molecule has 0 heterocycles. The van der Waals surface area contributed by atoms with Gasteiger partial charge in [-0.05, 0) is 12.3 Å². The van der Waals surface area contributed by atoms with Crippen LogP contribution in [-0.4, -0.2) is 11.6 Å². The van der Waals surface area contributed by atoms with E-state index in [1.54, 1.807) is 11.8 Å². The first-order chi connectivity index (χ1) is 4.72. The van der Waals surface area contributed by atoms with Gasteiger partial charge < -0.3 is 0 Å². The molecular formula is C7H8Cl2S. The molecule has 0 bridgehead atoms. The molecule has 0 N–H and O–H groups in total. The lowest BCUT2D eigenvalue weighted by Gasteiger charge is -2.11. The van der Waals surface area contributed by atoms with E-state index < -0.39 is 0 Å². The lowest BCUT2D eigenvalue weighted by molar-refractivity contribution is 1.02. The Morgan fingerprint density at radius 2 is 2.40 bits per heavy atom. The molecule has 1 atom stereocenters. The Balaban J connectivity index is 2.72. The first-order valence-corrected chi connectivity index (χ1v) is 5.02. The first kappa shape index (κ1) is 8.51. The van der Waals surface area contributed by atoms with Crippen LogP contribution in [-0.2, 0) is 0 Å². The fraction of sp³-hybridized carbons (Fsp3) is 0.429. The van der Waals surface area contributed by atoms with Crippen molar-refractivity contribution in [1.82, 2.24) is 0 Å². The number of allylic oxidation sites excluding steroid dienone is 3. The third-order valence-corrected chi connectivity index (χ3v) is 2.54. The van der Waals surface area contributed by atoms with E-state index in [4.69, 9.17) is 23.2 Å². The second-order valence-electron chi connectivity index (χ2n) is 2.08. The van der Waals surface area contributed by atoms with Crippen molar-refractivity contribution in [3.63, 3.8) is 0 Å². The lowest BCUT2D eigenvalue weighted by Crippen LogP contribution is -1.99. The molecular weight excluding hydrogens is 187 g/mol. The van der Waals surface area contributed by atoms with Crippen LogP contribution < -0.4 is 0 Å². The van der Waals surface area contributed by atoms with Gasteiger partial charge in [0.1, 0.15) is 0 Å². The number of hydrogen-bond donors (Lipinski definition) is 0. The highest BCUT2D eigenvalue weighted by Crippen LogP contribution is 2.28. The van der Waals surface area contributed by atoms with Crippen LogP contribution in [0.15, 0.2) is 22.1 Å². The van der Waals surface area contributed by atoms with E-state index in [2.05, 4.69) is 0 Å². The van der Waals surface area contributed by atoms with Crippen molar-refractivity contribution in [2.75, 3.05) is 6.26 Å². The van der Waals surface area contributed by atoms with Crippen LogP contribution in [0, 0.1) is 0 Å². The summed E-state index contributed by atoms with van der Waals surface area (Å²) >= 11 is 13.3. The maximum atomic E-state index is 5.87. The zero-order chi connectivity index (χ0) is 7.56. The van der Waals surface area contributed by atoms with Crippen molar-refractivity contribution in [2.45, 2.75) is 11.8 Å². The number of halogens is 2. The Morgan fingerprint density at radius 1 is 1.70 bits per heavy atom. The Labute approximate surface area is 75.3 Å². The summed E-state index contributed by atoms with van der Waals surface area (Å²) in [4.78, 5) is 1.16. The Bertz CT molecular complexity index is 184. The van der Waals surface area contributed by atoms with Gasteiger partial charge in [0.2, 0.25) is 0 Å². The van der Waals surface area contributed by atoms with E-state index in [0.29, 0.717) is 0 Å². The van der Waals surface area contributed by atoms with Gasteiger partial charge in [-0.15, -0.1) is 23.4 Å². The van der Waals surface area contributed by atoms with Crippen LogP contribution in [0.2, 0.25) is 0 Å². The highest BCUT2D eigenvalue weighted by molar-refractivity contribution is 8.02.